The Balaban J connectivity index is 1.77. The van der Waals surface area contributed by atoms with Gasteiger partial charge in [-0.05, 0) is 37.8 Å². The Bertz CT molecular complexity index is 980. The fourth-order valence-corrected chi connectivity index (χ4v) is 4.59. The molecule has 0 bridgehead atoms. The standard InChI is InChI=1S/C20H23N3O2S2/c1-4-22-19(25)18-16(10-11-26-18)21-20(22)27-13-17(24)23(14(2)3)12-15-8-6-5-7-9-15/h5-11,14H,4,12-13H2,1-3H3. The van der Waals surface area contributed by atoms with Crippen LogP contribution in [-0.2, 0) is 17.9 Å². The normalized spacial score (nSPS) is 11.3. The number of carbonyl (C=O) groups excluding carboxylic acids is 1. The van der Waals surface area contributed by atoms with Crippen LogP contribution >= 0.6 is 23.1 Å². The molecule has 3 rings (SSSR count). The van der Waals surface area contributed by atoms with Gasteiger partial charge in [-0.3, -0.25) is 14.2 Å². The molecule has 142 valence electrons. The van der Waals surface area contributed by atoms with E-state index in [2.05, 4.69) is 4.98 Å². The van der Waals surface area contributed by atoms with Crippen molar-refractivity contribution in [2.75, 3.05) is 5.75 Å². The Hall–Kier alpha value is -2.12. The van der Waals surface area contributed by atoms with E-state index in [0.717, 1.165) is 5.56 Å². The van der Waals surface area contributed by atoms with E-state index in [1.807, 2.05) is 67.4 Å². The van der Waals surface area contributed by atoms with Crippen LogP contribution in [0.15, 0.2) is 51.7 Å². The van der Waals surface area contributed by atoms with Gasteiger partial charge in [0, 0.05) is 19.1 Å². The van der Waals surface area contributed by atoms with Crippen molar-refractivity contribution in [1.82, 2.24) is 14.5 Å². The number of hydrogen-bond donors (Lipinski definition) is 0. The van der Waals surface area contributed by atoms with Crippen molar-refractivity contribution in [3.8, 4) is 0 Å². The second-order valence-corrected chi connectivity index (χ2v) is 8.33. The summed E-state index contributed by atoms with van der Waals surface area (Å²) in [6, 6.07) is 11.9. The van der Waals surface area contributed by atoms with Gasteiger partial charge in [-0.2, -0.15) is 0 Å². The van der Waals surface area contributed by atoms with Gasteiger partial charge in [0.05, 0.1) is 11.3 Å². The molecule has 0 aliphatic heterocycles. The molecule has 0 saturated carbocycles. The van der Waals surface area contributed by atoms with E-state index in [-0.39, 0.29) is 23.3 Å². The fraction of sp³-hybridized carbons (Fsp3) is 0.350. The minimum absolute atomic E-state index is 0.0301. The molecule has 5 nitrogen and oxygen atoms in total. The van der Waals surface area contributed by atoms with Gasteiger partial charge in [-0.1, -0.05) is 42.1 Å². The molecular formula is C20H23N3O2S2. The number of nitrogens with zero attached hydrogens (tertiary/aromatic N) is 3. The van der Waals surface area contributed by atoms with E-state index in [1.54, 1.807) is 4.57 Å². The van der Waals surface area contributed by atoms with Gasteiger partial charge in [0.25, 0.3) is 5.56 Å². The Morgan fingerprint density at radius 1 is 1.26 bits per heavy atom. The van der Waals surface area contributed by atoms with Gasteiger partial charge in [0.1, 0.15) is 4.70 Å². The number of thiophene rings is 1. The summed E-state index contributed by atoms with van der Waals surface area (Å²) in [5.41, 5.74) is 1.78. The molecule has 0 spiro atoms. The summed E-state index contributed by atoms with van der Waals surface area (Å²) in [7, 11) is 0. The fourth-order valence-electron chi connectivity index (χ4n) is 2.86. The Kier molecular flexibility index (Phi) is 6.34. The molecule has 0 fully saturated rings. The molecule has 0 atom stereocenters. The molecule has 0 radical (unpaired) electrons. The molecule has 7 heteroatoms. The lowest BCUT2D eigenvalue weighted by molar-refractivity contribution is -0.130. The molecule has 0 aliphatic carbocycles. The number of fused-ring (bicyclic) bond motifs is 1. The van der Waals surface area contributed by atoms with Crippen molar-refractivity contribution in [3.05, 3.63) is 57.7 Å². The average Bonchev–Trinajstić information content (AvgIpc) is 3.14. The highest BCUT2D eigenvalue weighted by Gasteiger charge is 2.19. The molecular weight excluding hydrogens is 378 g/mol. The van der Waals surface area contributed by atoms with Crippen molar-refractivity contribution in [1.29, 1.82) is 0 Å². The van der Waals surface area contributed by atoms with Crippen LogP contribution in [0.5, 0.6) is 0 Å². The van der Waals surface area contributed by atoms with Crippen molar-refractivity contribution < 1.29 is 4.79 Å². The molecule has 3 aromatic rings. The van der Waals surface area contributed by atoms with Crippen LogP contribution in [0.4, 0.5) is 0 Å². The van der Waals surface area contributed by atoms with Gasteiger partial charge in [0.15, 0.2) is 5.16 Å². The van der Waals surface area contributed by atoms with E-state index >= 15 is 0 Å². The van der Waals surface area contributed by atoms with Crippen molar-refractivity contribution in [2.24, 2.45) is 0 Å². The van der Waals surface area contributed by atoms with Crippen LogP contribution in [0, 0.1) is 0 Å². The first-order chi connectivity index (χ1) is 13.0. The van der Waals surface area contributed by atoms with Crippen LogP contribution in [0.25, 0.3) is 10.2 Å². The summed E-state index contributed by atoms with van der Waals surface area (Å²) in [4.78, 5) is 31.9. The topological polar surface area (TPSA) is 55.2 Å². The zero-order valence-electron chi connectivity index (χ0n) is 15.7. The van der Waals surface area contributed by atoms with E-state index in [9.17, 15) is 9.59 Å². The number of carbonyl (C=O) groups is 1. The van der Waals surface area contributed by atoms with Gasteiger partial charge >= 0.3 is 0 Å². The first-order valence-corrected chi connectivity index (χ1v) is 10.8. The van der Waals surface area contributed by atoms with Gasteiger partial charge in [-0.25, -0.2) is 4.98 Å². The van der Waals surface area contributed by atoms with Gasteiger partial charge in [-0.15, -0.1) is 11.3 Å². The van der Waals surface area contributed by atoms with E-state index in [1.165, 1.54) is 23.1 Å². The monoisotopic (exact) mass is 401 g/mol. The minimum atomic E-state index is -0.0301. The molecule has 2 heterocycles. The maximum absolute atomic E-state index is 12.9. The summed E-state index contributed by atoms with van der Waals surface area (Å²) >= 11 is 2.74. The predicted molar refractivity (Wildman–Crippen MR) is 112 cm³/mol. The zero-order valence-corrected chi connectivity index (χ0v) is 17.3. The summed E-state index contributed by atoms with van der Waals surface area (Å²) in [5.74, 6) is 0.300. The quantitative estimate of drug-likeness (QED) is 0.443. The first-order valence-electron chi connectivity index (χ1n) is 8.95. The summed E-state index contributed by atoms with van der Waals surface area (Å²) in [5, 5.41) is 2.48. The Labute approximate surface area is 167 Å². The Morgan fingerprint density at radius 3 is 2.67 bits per heavy atom. The summed E-state index contributed by atoms with van der Waals surface area (Å²) < 4.78 is 2.31. The Morgan fingerprint density at radius 2 is 2.00 bits per heavy atom. The lowest BCUT2D eigenvalue weighted by Crippen LogP contribution is -2.37. The minimum Gasteiger partial charge on any atom is -0.335 e. The van der Waals surface area contributed by atoms with Crippen molar-refractivity contribution in [3.63, 3.8) is 0 Å². The third-order valence-electron chi connectivity index (χ3n) is 4.31. The number of rotatable bonds is 7. The van der Waals surface area contributed by atoms with Gasteiger partial charge < -0.3 is 4.90 Å². The number of aromatic nitrogens is 2. The lowest BCUT2D eigenvalue weighted by Gasteiger charge is -2.27. The van der Waals surface area contributed by atoms with Crippen LogP contribution in [0.3, 0.4) is 0 Å². The van der Waals surface area contributed by atoms with Crippen LogP contribution in [0.1, 0.15) is 26.3 Å². The molecule has 0 saturated heterocycles. The maximum Gasteiger partial charge on any atom is 0.272 e. The lowest BCUT2D eigenvalue weighted by atomic mass is 10.2. The predicted octanol–water partition coefficient (Wildman–Crippen LogP) is 4.01. The van der Waals surface area contributed by atoms with Crippen molar-refractivity contribution in [2.45, 2.75) is 45.1 Å². The average molecular weight is 402 g/mol. The van der Waals surface area contributed by atoms with Crippen LogP contribution < -0.4 is 5.56 Å². The highest BCUT2D eigenvalue weighted by molar-refractivity contribution is 7.99. The van der Waals surface area contributed by atoms with Crippen LogP contribution in [0.2, 0.25) is 0 Å². The highest BCUT2D eigenvalue weighted by Crippen LogP contribution is 2.22. The van der Waals surface area contributed by atoms with E-state index < -0.39 is 0 Å². The molecule has 0 unspecified atom stereocenters. The molecule has 0 aliphatic rings. The summed E-state index contributed by atoms with van der Waals surface area (Å²) in [6.45, 7) is 7.07. The number of hydrogen-bond acceptors (Lipinski definition) is 5. The molecule has 27 heavy (non-hydrogen) atoms. The van der Waals surface area contributed by atoms with E-state index in [0.29, 0.717) is 28.5 Å². The third kappa shape index (κ3) is 4.42. The largest absolute Gasteiger partial charge is 0.335 e. The highest BCUT2D eigenvalue weighted by atomic mass is 32.2. The smallest absolute Gasteiger partial charge is 0.272 e. The number of benzene rings is 1. The number of thioether (sulfide) groups is 1. The van der Waals surface area contributed by atoms with E-state index in [4.69, 9.17) is 0 Å². The SMILES string of the molecule is CCn1c(SCC(=O)N(Cc2ccccc2)C(C)C)nc2ccsc2c1=O. The van der Waals surface area contributed by atoms with Crippen molar-refractivity contribution >= 4 is 39.2 Å². The van der Waals surface area contributed by atoms with Crippen LogP contribution in [-0.4, -0.2) is 32.2 Å². The molecule has 0 N–H and O–H groups in total. The zero-order chi connectivity index (χ0) is 19.4. The molecule has 1 aromatic carbocycles. The molecule has 2 aromatic heterocycles. The second kappa shape index (κ2) is 8.71. The second-order valence-electron chi connectivity index (χ2n) is 6.47. The first kappa shape index (κ1) is 19.6. The maximum atomic E-state index is 12.9. The number of amides is 1. The van der Waals surface area contributed by atoms with Gasteiger partial charge in [0.2, 0.25) is 5.91 Å². The molecule has 1 amide bonds. The third-order valence-corrected chi connectivity index (χ3v) is 6.16. The summed E-state index contributed by atoms with van der Waals surface area (Å²) in [6.07, 6.45) is 0.